The monoisotopic (exact) mass is 273 g/mol. The average molecular weight is 273 g/mol. The molecule has 1 aromatic rings. The minimum Gasteiger partial charge on any atom is -0.480 e. The average Bonchev–Trinajstić information content (AvgIpc) is 2.74. The summed E-state index contributed by atoms with van der Waals surface area (Å²) in [6.45, 7) is 1.28. The summed E-state index contributed by atoms with van der Waals surface area (Å²) in [4.78, 5) is 10.6. The fourth-order valence-electron chi connectivity index (χ4n) is 1.40. The van der Waals surface area contributed by atoms with Crippen molar-refractivity contribution in [2.45, 2.75) is 17.9 Å². The van der Waals surface area contributed by atoms with Crippen molar-refractivity contribution in [3.05, 3.63) is 18.2 Å². The number of nitrogens with one attached hydrogen (secondary N) is 1. The number of benzene rings is 1. The fraction of sp³-hybridized carbons (Fsp3) is 0.300. The maximum atomic E-state index is 11.9. The van der Waals surface area contributed by atoms with Gasteiger partial charge in [0.1, 0.15) is 6.04 Å². The van der Waals surface area contributed by atoms with Gasteiger partial charge in [0.05, 0.1) is 4.90 Å². The first-order chi connectivity index (χ1) is 8.40. The van der Waals surface area contributed by atoms with Gasteiger partial charge in [0.15, 0.2) is 11.5 Å². The summed E-state index contributed by atoms with van der Waals surface area (Å²) in [5, 5.41) is 8.68. The van der Waals surface area contributed by atoms with E-state index in [-0.39, 0.29) is 11.7 Å². The highest BCUT2D eigenvalue weighted by molar-refractivity contribution is 7.89. The van der Waals surface area contributed by atoms with Gasteiger partial charge >= 0.3 is 5.97 Å². The maximum absolute atomic E-state index is 11.9. The first-order valence-electron chi connectivity index (χ1n) is 5.05. The molecule has 2 N–H and O–H groups in total. The molecule has 0 radical (unpaired) electrons. The second kappa shape index (κ2) is 4.46. The number of carboxylic acid groups (broad SMARTS) is 1. The molecule has 7 nitrogen and oxygen atoms in total. The van der Waals surface area contributed by atoms with E-state index in [0.29, 0.717) is 11.5 Å². The Bertz CT molecular complexity index is 582. The molecule has 2 rings (SSSR count). The van der Waals surface area contributed by atoms with Crippen molar-refractivity contribution in [1.82, 2.24) is 4.72 Å². The molecule has 0 spiro atoms. The molecular weight excluding hydrogens is 262 g/mol. The molecule has 0 aliphatic carbocycles. The van der Waals surface area contributed by atoms with E-state index in [0.717, 1.165) is 0 Å². The Morgan fingerprint density at radius 2 is 2.06 bits per heavy atom. The second-order valence-corrected chi connectivity index (χ2v) is 5.41. The van der Waals surface area contributed by atoms with Crippen LogP contribution in [0, 0.1) is 0 Å². The number of sulfonamides is 1. The van der Waals surface area contributed by atoms with Gasteiger partial charge in [0.2, 0.25) is 16.8 Å². The van der Waals surface area contributed by atoms with Crippen molar-refractivity contribution in [3.63, 3.8) is 0 Å². The maximum Gasteiger partial charge on any atom is 0.321 e. The van der Waals surface area contributed by atoms with Gasteiger partial charge in [0.25, 0.3) is 0 Å². The van der Waals surface area contributed by atoms with Crippen molar-refractivity contribution >= 4 is 16.0 Å². The molecule has 1 aromatic carbocycles. The molecule has 1 atom stereocenters. The van der Waals surface area contributed by atoms with Gasteiger partial charge in [0, 0.05) is 6.07 Å². The van der Waals surface area contributed by atoms with Crippen LogP contribution in [-0.4, -0.2) is 32.3 Å². The lowest BCUT2D eigenvalue weighted by Crippen LogP contribution is -2.38. The smallest absolute Gasteiger partial charge is 0.321 e. The molecule has 0 saturated heterocycles. The first kappa shape index (κ1) is 12.7. The lowest BCUT2D eigenvalue weighted by molar-refractivity contribution is -0.138. The normalized spacial score (nSPS) is 15.4. The van der Waals surface area contributed by atoms with E-state index in [4.69, 9.17) is 14.6 Å². The number of hydrogen-bond donors (Lipinski definition) is 2. The molecule has 1 aliphatic rings. The predicted molar refractivity (Wildman–Crippen MR) is 60.0 cm³/mol. The van der Waals surface area contributed by atoms with Crippen LogP contribution in [0.3, 0.4) is 0 Å². The number of hydrogen-bond acceptors (Lipinski definition) is 5. The van der Waals surface area contributed by atoms with Gasteiger partial charge in [-0.2, -0.15) is 4.72 Å². The fourth-order valence-corrected chi connectivity index (χ4v) is 2.61. The summed E-state index contributed by atoms with van der Waals surface area (Å²) in [6.07, 6.45) is 0. The standard InChI is InChI=1S/C10H11NO6S/c1-6(10(12)13)11-18(14,15)7-2-3-8-9(4-7)17-5-16-8/h2-4,6,11H,5H2,1H3,(H,12,13)/t6-/m0/s1. The lowest BCUT2D eigenvalue weighted by atomic mass is 10.3. The molecule has 0 saturated carbocycles. The predicted octanol–water partition coefficient (Wildman–Crippen LogP) is 0.167. The molecule has 0 aromatic heterocycles. The van der Waals surface area contributed by atoms with Gasteiger partial charge in [-0.15, -0.1) is 0 Å². The van der Waals surface area contributed by atoms with Crippen molar-refractivity contribution in [3.8, 4) is 11.5 Å². The Hall–Kier alpha value is -1.80. The molecule has 0 amide bonds. The second-order valence-electron chi connectivity index (χ2n) is 3.70. The van der Waals surface area contributed by atoms with E-state index in [2.05, 4.69) is 0 Å². The molecule has 0 unspecified atom stereocenters. The zero-order valence-corrected chi connectivity index (χ0v) is 10.2. The van der Waals surface area contributed by atoms with Gasteiger partial charge in [-0.25, -0.2) is 8.42 Å². The lowest BCUT2D eigenvalue weighted by Gasteiger charge is -2.10. The molecule has 0 fully saturated rings. The van der Waals surface area contributed by atoms with E-state index in [9.17, 15) is 13.2 Å². The number of carbonyl (C=O) groups is 1. The molecule has 0 bridgehead atoms. The van der Waals surface area contributed by atoms with Crippen LogP contribution in [0.5, 0.6) is 11.5 Å². The van der Waals surface area contributed by atoms with E-state index >= 15 is 0 Å². The molecule has 98 valence electrons. The SMILES string of the molecule is C[C@H](NS(=O)(=O)c1ccc2c(c1)OCO2)C(=O)O. The van der Waals surface area contributed by atoms with Crippen LogP contribution >= 0.6 is 0 Å². The Labute approximate surface area is 103 Å². The molecule has 18 heavy (non-hydrogen) atoms. The summed E-state index contributed by atoms with van der Waals surface area (Å²) in [6, 6.07) is 2.87. The van der Waals surface area contributed by atoms with Crippen molar-refractivity contribution in [1.29, 1.82) is 0 Å². The van der Waals surface area contributed by atoms with Crippen LogP contribution < -0.4 is 14.2 Å². The third-order valence-corrected chi connectivity index (χ3v) is 3.90. The van der Waals surface area contributed by atoms with E-state index < -0.39 is 22.0 Å². The van der Waals surface area contributed by atoms with Crippen LogP contribution in [0.4, 0.5) is 0 Å². The highest BCUT2D eigenvalue weighted by Gasteiger charge is 2.24. The van der Waals surface area contributed by atoms with E-state index in [1.54, 1.807) is 0 Å². The van der Waals surface area contributed by atoms with Crippen molar-refractivity contribution in [2.75, 3.05) is 6.79 Å². The van der Waals surface area contributed by atoms with E-state index in [1.807, 2.05) is 4.72 Å². The van der Waals surface area contributed by atoms with Crippen LogP contribution in [0.15, 0.2) is 23.1 Å². The summed E-state index contributed by atoms with van der Waals surface area (Å²) in [5.74, 6) is -0.472. The Balaban J connectivity index is 2.28. The minimum atomic E-state index is -3.89. The van der Waals surface area contributed by atoms with Gasteiger partial charge in [-0.05, 0) is 19.1 Å². The summed E-state index contributed by atoms with van der Waals surface area (Å²) in [5.41, 5.74) is 0. The van der Waals surface area contributed by atoms with Gasteiger partial charge < -0.3 is 14.6 Å². The number of fused-ring (bicyclic) bond motifs is 1. The van der Waals surface area contributed by atoms with Crippen LogP contribution in [0.25, 0.3) is 0 Å². The quantitative estimate of drug-likeness (QED) is 0.810. The summed E-state index contributed by atoms with van der Waals surface area (Å²) >= 11 is 0. The topological polar surface area (TPSA) is 102 Å². The first-order valence-corrected chi connectivity index (χ1v) is 6.53. The largest absolute Gasteiger partial charge is 0.480 e. The third kappa shape index (κ3) is 2.39. The van der Waals surface area contributed by atoms with Crippen LogP contribution in [0.2, 0.25) is 0 Å². The Morgan fingerprint density at radius 1 is 1.39 bits per heavy atom. The number of rotatable bonds is 4. The molecule has 1 heterocycles. The third-order valence-electron chi connectivity index (χ3n) is 2.36. The minimum absolute atomic E-state index is 0.0395. The van der Waals surface area contributed by atoms with Crippen LogP contribution in [0.1, 0.15) is 6.92 Å². The summed E-state index contributed by atoms with van der Waals surface area (Å²) in [7, 11) is -3.89. The number of ether oxygens (including phenoxy) is 2. The zero-order chi connectivity index (χ0) is 13.3. The Morgan fingerprint density at radius 3 is 2.72 bits per heavy atom. The highest BCUT2D eigenvalue weighted by atomic mass is 32.2. The van der Waals surface area contributed by atoms with Gasteiger partial charge in [-0.1, -0.05) is 0 Å². The molecule has 1 aliphatic heterocycles. The summed E-state index contributed by atoms with van der Waals surface area (Å²) < 4.78 is 35.9. The number of carboxylic acids is 1. The zero-order valence-electron chi connectivity index (χ0n) is 9.41. The highest BCUT2D eigenvalue weighted by Crippen LogP contribution is 2.33. The Kier molecular flexibility index (Phi) is 3.14. The van der Waals surface area contributed by atoms with Gasteiger partial charge in [-0.3, -0.25) is 4.79 Å². The molecular formula is C10H11NO6S. The number of aliphatic carboxylic acids is 1. The van der Waals surface area contributed by atoms with E-state index in [1.165, 1.54) is 25.1 Å². The van der Waals surface area contributed by atoms with Crippen molar-refractivity contribution in [2.24, 2.45) is 0 Å². The van der Waals surface area contributed by atoms with Crippen LogP contribution in [-0.2, 0) is 14.8 Å². The van der Waals surface area contributed by atoms with Crippen molar-refractivity contribution < 1.29 is 27.8 Å². The molecule has 8 heteroatoms.